The number of nitriles is 1. The molecule has 0 aliphatic carbocycles. The summed E-state index contributed by atoms with van der Waals surface area (Å²) in [4.78, 5) is 12.5. The Morgan fingerprint density at radius 2 is 1.92 bits per heavy atom. The van der Waals surface area contributed by atoms with E-state index in [2.05, 4.69) is 0 Å². The zero-order valence-electron chi connectivity index (χ0n) is 13.4. The van der Waals surface area contributed by atoms with Gasteiger partial charge in [0.2, 0.25) is 5.88 Å². The Hall–Kier alpha value is -3.26. The van der Waals surface area contributed by atoms with Crippen molar-refractivity contribution in [1.29, 1.82) is 5.26 Å². The third-order valence-corrected chi connectivity index (χ3v) is 3.84. The number of aryl methyl sites for hydroxylation is 2. The predicted octanol–water partition coefficient (Wildman–Crippen LogP) is 3.92. The quantitative estimate of drug-likeness (QED) is 0.683. The number of aromatic nitrogens is 1. The number of hydrogen-bond donors (Lipinski definition) is 0. The molecule has 0 radical (unpaired) electrons. The van der Waals surface area contributed by atoms with Crippen molar-refractivity contribution in [2.24, 2.45) is 0 Å². The molecule has 2 heterocycles. The van der Waals surface area contributed by atoms with Crippen molar-refractivity contribution in [2.45, 2.75) is 20.5 Å². The molecule has 120 valence electrons. The average molecular weight is 320 g/mol. The summed E-state index contributed by atoms with van der Waals surface area (Å²) in [5.74, 6) is 0.127. The summed E-state index contributed by atoms with van der Waals surface area (Å²) in [6, 6.07) is 13.4. The van der Waals surface area contributed by atoms with Gasteiger partial charge in [0.05, 0.1) is 0 Å². The summed E-state index contributed by atoms with van der Waals surface area (Å²) >= 11 is 0. The molecule has 0 atom stereocenters. The van der Waals surface area contributed by atoms with E-state index in [1.54, 1.807) is 23.9 Å². The lowest BCUT2D eigenvalue weighted by atomic mass is 10.1. The molecule has 24 heavy (non-hydrogen) atoms. The van der Waals surface area contributed by atoms with Gasteiger partial charge in [0.15, 0.2) is 0 Å². The second-order valence-corrected chi connectivity index (χ2v) is 5.42. The maximum Gasteiger partial charge on any atom is 0.343 e. The second kappa shape index (κ2) is 6.47. The summed E-state index contributed by atoms with van der Waals surface area (Å²) < 4.78 is 12.7. The van der Waals surface area contributed by atoms with Crippen molar-refractivity contribution in [3.8, 4) is 12.0 Å². The smallest absolute Gasteiger partial charge is 0.343 e. The van der Waals surface area contributed by atoms with Crippen LogP contribution in [0.5, 0.6) is 0 Å². The summed E-state index contributed by atoms with van der Waals surface area (Å²) in [6.07, 6.45) is 3.50. The van der Waals surface area contributed by atoms with Crippen molar-refractivity contribution >= 4 is 5.97 Å². The zero-order valence-corrected chi connectivity index (χ0v) is 13.4. The highest BCUT2D eigenvalue weighted by molar-refractivity contribution is 5.94. The summed E-state index contributed by atoms with van der Waals surface area (Å²) in [7, 11) is 0. The van der Waals surface area contributed by atoms with E-state index >= 15 is 0 Å². The fraction of sp³-hybridized carbons (Fsp3) is 0.158. The molecule has 2 aromatic heterocycles. The van der Waals surface area contributed by atoms with Crippen molar-refractivity contribution in [3.63, 3.8) is 0 Å². The van der Waals surface area contributed by atoms with E-state index in [1.165, 1.54) is 0 Å². The minimum Gasteiger partial charge on any atom is -0.457 e. The summed E-state index contributed by atoms with van der Waals surface area (Å²) in [5, 5.41) is 9.46. The number of carbonyl (C=O) groups excluding carboxylic acids is 1. The Morgan fingerprint density at radius 1 is 1.21 bits per heavy atom. The maximum atomic E-state index is 12.5. The fourth-order valence-corrected chi connectivity index (χ4v) is 2.52. The third kappa shape index (κ3) is 2.82. The average Bonchev–Trinajstić information content (AvgIpc) is 3.20. The van der Waals surface area contributed by atoms with Crippen molar-refractivity contribution in [3.05, 3.63) is 76.8 Å². The van der Waals surface area contributed by atoms with Crippen molar-refractivity contribution in [2.75, 3.05) is 0 Å². The maximum absolute atomic E-state index is 12.5. The van der Waals surface area contributed by atoms with Gasteiger partial charge >= 0.3 is 5.97 Å². The molecule has 0 aliphatic heterocycles. The van der Waals surface area contributed by atoms with Gasteiger partial charge in [0, 0.05) is 12.4 Å². The van der Waals surface area contributed by atoms with Gasteiger partial charge < -0.3 is 9.15 Å². The number of hydrogen-bond acceptors (Lipinski definition) is 4. The van der Waals surface area contributed by atoms with Gasteiger partial charge in [-0.1, -0.05) is 24.3 Å². The number of esters is 1. The molecule has 3 rings (SSSR count). The van der Waals surface area contributed by atoms with Crippen LogP contribution in [0.3, 0.4) is 0 Å². The summed E-state index contributed by atoms with van der Waals surface area (Å²) in [6.45, 7) is 3.76. The molecule has 0 N–H and O–H groups in total. The highest BCUT2D eigenvalue weighted by Gasteiger charge is 2.25. The molecule has 3 aromatic rings. The van der Waals surface area contributed by atoms with Gasteiger partial charge in [-0.05, 0) is 37.1 Å². The number of ether oxygens (including phenoxy) is 1. The van der Waals surface area contributed by atoms with Crippen LogP contribution in [0.25, 0.3) is 5.88 Å². The molecule has 5 heteroatoms. The Labute approximate surface area is 139 Å². The number of nitrogens with zero attached hydrogens (tertiary/aromatic N) is 2. The molecule has 0 unspecified atom stereocenters. The van der Waals surface area contributed by atoms with Crippen LogP contribution in [-0.2, 0) is 11.3 Å². The molecule has 0 bridgehead atoms. The van der Waals surface area contributed by atoms with E-state index < -0.39 is 5.97 Å². The molecule has 0 aliphatic rings. The van der Waals surface area contributed by atoms with Crippen LogP contribution in [0.1, 0.15) is 32.8 Å². The number of benzene rings is 1. The molecule has 0 amide bonds. The van der Waals surface area contributed by atoms with Gasteiger partial charge in [-0.15, -0.1) is 0 Å². The highest BCUT2D eigenvalue weighted by Crippen LogP contribution is 2.26. The monoisotopic (exact) mass is 320 g/mol. The molecular weight excluding hydrogens is 304 g/mol. The molecule has 5 nitrogen and oxygen atoms in total. The first-order chi connectivity index (χ1) is 11.6. The van der Waals surface area contributed by atoms with Gasteiger partial charge in [0.1, 0.15) is 29.6 Å². The molecule has 1 aromatic carbocycles. The molecule has 0 fully saturated rings. The van der Waals surface area contributed by atoms with E-state index in [1.807, 2.05) is 49.4 Å². The molecular formula is C19H16N2O3. The van der Waals surface area contributed by atoms with Crippen LogP contribution < -0.4 is 0 Å². The lowest BCUT2D eigenvalue weighted by Crippen LogP contribution is -2.08. The number of carbonyl (C=O) groups is 1. The highest BCUT2D eigenvalue weighted by atomic mass is 16.5. The minimum atomic E-state index is -0.561. The SMILES string of the molecule is Cc1ccccc1COC(=O)c1c(C)oc(-n2cccc2)c1C#N. The summed E-state index contributed by atoms with van der Waals surface area (Å²) in [5.41, 5.74) is 2.33. The van der Waals surface area contributed by atoms with E-state index in [0.717, 1.165) is 11.1 Å². The van der Waals surface area contributed by atoms with Crippen LogP contribution in [0, 0.1) is 25.2 Å². The van der Waals surface area contributed by atoms with Crippen LogP contribution >= 0.6 is 0 Å². The second-order valence-electron chi connectivity index (χ2n) is 5.42. The topological polar surface area (TPSA) is 68.2 Å². The Morgan fingerprint density at radius 3 is 2.58 bits per heavy atom. The Kier molecular flexibility index (Phi) is 4.21. The standard InChI is InChI=1S/C19H16N2O3/c1-13-7-3-4-8-15(13)12-23-19(22)17-14(2)24-18(16(17)11-20)21-9-5-6-10-21/h3-10H,12H2,1-2H3. The Balaban J connectivity index is 1.88. The van der Waals surface area contributed by atoms with Crippen LogP contribution in [0.4, 0.5) is 0 Å². The van der Waals surface area contributed by atoms with Crippen LogP contribution in [0.2, 0.25) is 0 Å². The minimum absolute atomic E-state index is 0.153. The zero-order chi connectivity index (χ0) is 17.1. The molecule has 0 saturated carbocycles. The lowest BCUT2D eigenvalue weighted by Gasteiger charge is -2.07. The van der Waals surface area contributed by atoms with Gasteiger partial charge in [-0.25, -0.2) is 4.79 Å². The van der Waals surface area contributed by atoms with Crippen molar-refractivity contribution in [1.82, 2.24) is 4.57 Å². The molecule has 0 saturated heterocycles. The first-order valence-corrected chi connectivity index (χ1v) is 7.50. The van der Waals surface area contributed by atoms with E-state index in [9.17, 15) is 10.1 Å². The Bertz CT molecular complexity index is 915. The lowest BCUT2D eigenvalue weighted by molar-refractivity contribution is 0.0470. The first-order valence-electron chi connectivity index (χ1n) is 7.50. The normalized spacial score (nSPS) is 10.4. The van der Waals surface area contributed by atoms with E-state index in [-0.39, 0.29) is 17.7 Å². The van der Waals surface area contributed by atoms with Gasteiger partial charge in [0.25, 0.3) is 0 Å². The van der Waals surface area contributed by atoms with Crippen LogP contribution in [0.15, 0.2) is 53.2 Å². The number of furan rings is 1. The van der Waals surface area contributed by atoms with Crippen molar-refractivity contribution < 1.29 is 13.9 Å². The molecule has 0 spiro atoms. The number of rotatable bonds is 4. The van der Waals surface area contributed by atoms with Crippen LogP contribution in [-0.4, -0.2) is 10.5 Å². The first kappa shape index (κ1) is 15.6. The third-order valence-electron chi connectivity index (χ3n) is 3.84. The van der Waals surface area contributed by atoms with E-state index in [0.29, 0.717) is 11.6 Å². The van der Waals surface area contributed by atoms with Gasteiger partial charge in [-0.2, -0.15) is 5.26 Å². The van der Waals surface area contributed by atoms with Gasteiger partial charge in [-0.3, -0.25) is 4.57 Å². The predicted molar refractivity (Wildman–Crippen MR) is 87.8 cm³/mol. The van der Waals surface area contributed by atoms with E-state index in [4.69, 9.17) is 9.15 Å². The largest absolute Gasteiger partial charge is 0.457 e. The fourth-order valence-electron chi connectivity index (χ4n) is 2.52.